The highest BCUT2D eigenvalue weighted by Crippen LogP contribution is 2.28. The summed E-state index contributed by atoms with van der Waals surface area (Å²) in [5.74, 6) is -0.0567. The third-order valence-corrected chi connectivity index (χ3v) is 6.19. The normalized spacial score (nSPS) is 21.5. The van der Waals surface area contributed by atoms with Gasteiger partial charge in [-0.05, 0) is 50.7 Å². The van der Waals surface area contributed by atoms with E-state index in [2.05, 4.69) is 38.5 Å². The minimum absolute atomic E-state index is 0.485. The molecule has 0 aliphatic carbocycles. The number of piperazine rings is 1. The first-order valence-corrected chi connectivity index (χ1v) is 10.9. The van der Waals surface area contributed by atoms with Crippen molar-refractivity contribution in [3.63, 3.8) is 0 Å². The maximum atomic E-state index is 11.4. The molecule has 0 radical (unpaired) electrons. The third-order valence-electron chi connectivity index (χ3n) is 6.19. The van der Waals surface area contributed by atoms with Crippen LogP contribution in [0.2, 0.25) is 0 Å². The number of likely N-dealkylation sites (N-methyl/N-ethyl adjacent to an activating group) is 1. The number of amidine groups is 1. The fourth-order valence-corrected chi connectivity index (χ4v) is 4.16. The number of pyridine rings is 1. The minimum atomic E-state index is -1.16. The molecule has 1 aromatic carbocycles. The highest BCUT2D eigenvalue weighted by atomic mass is 16.4. The number of oxazole rings is 1. The molecule has 0 saturated carbocycles. The topological polar surface area (TPSA) is 128 Å². The van der Waals surface area contributed by atoms with Crippen LogP contribution in [-0.2, 0) is 5.79 Å². The molecule has 33 heavy (non-hydrogen) atoms. The van der Waals surface area contributed by atoms with Crippen LogP contribution < -0.4 is 27.0 Å². The van der Waals surface area contributed by atoms with E-state index in [0.717, 1.165) is 54.4 Å². The van der Waals surface area contributed by atoms with E-state index in [0.29, 0.717) is 16.9 Å². The van der Waals surface area contributed by atoms with Crippen LogP contribution >= 0.6 is 0 Å². The summed E-state index contributed by atoms with van der Waals surface area (Å²) in [5, 5.41) is 6.53. The molecule has 4 heterocycles. The van der Waals surface area contributed by atoms with Crippen LogP contribution in [0.5, 0.6) is 0 Å². The van der Waals surface area contributed by atoms with Crippen molar-refractivity contribution in [1.82, 2.24) is 20.2 Å². The lowest BCUT2D eigenvalue weighted by Gasteiger charge is -2.35. The summed E-state index contributed by atoms with van der Waals surface area (Å²) in [5.41, 5.74) is 11.3. The molecule has 1 fully saturated rings. The molecule has 0 bridgehead atoms. The number of hydrogen-bond acceptors (Lipinski definition) is 9. The van der Waals surface area contributed by atoms with Gasteiger partial charge in [-0.25, -0.2) is 14.8 Å². The van der Waals surface area contributed by atoms with Gasteiger partial charge in [0.15, 0.2) is 5.58 Å². The Kier molecular flexibility index (Phi) is 5.18. The number of H-pyrrole nitrogens is 1. The van der Waals surface area contributed by atoms with Gasteiger partial charge in [-0.15, -0.1) is 0 Å². The number of nitrogens with two attached hydrogens (primary N) is 1. The standard InChI is InChI=1S/C23H28N8O2/c1-14-10-20(31-8-6-30(3)7-9-31)25-13-17(14)23(24)26-12-15(2)21(29-23)27-16-4-5-19-18(11-16)28-22(32)33-19/h4-5,10-13,26H,6-9,24H2,1-3H3,(H,27,29)(H,28,32). The monoisotopic (exact) mass is 448 g/mol. The average Bonchev–Trinajstić information content (AvgIpc) is 3.16. The van der Waals surface area contributed by atoms with E-state index in [1.165, 1.54) is 0 Å². The van der Waals surface area contributed by atoms with Crippen LogP contribution in [0.25, 0.3) is 11.1 Å². The number of rotatable bonds is 3. The molecule has 172 valence electrons. The number of hydrogen-bond donors (Lipinski definition) is 4. The Morgan fingerprint density at radius 1 is 1.18 bits per heavy atom. The number of anilines is 2. The summed E-state index contributed by atoms with van der Waals surface area (Å²) in [6.07, 6.45) is 3.66. The Morgan fingerprint density at radius 2 is 1.97 bits per heavy atom. The number of nitrogens with zero attached hydrogens (tertiary/aromatic N) is 4. The van der Waals surface area contributed by atoms with Crippen molar-refractivity contribution < 1.29 is 4.42 Å². The molecule has 10 nitrogen and oxygen atoms in total. The van der Waals surface area contributed by atoms with Gasteiger partial charge < -0.3 is 24.9 Å². The van der Waals surface area contributed by atoms with E-state index in [-0.39, 0.29) is 0 Å². The molecule has 2 aromatic heterocycles. The second-order valence-corrected chi connectivity index (χ2v) is 8.70. The third kappa shape index (κ3) is 4.10. The average molecular weight is 449 g/mol. The van der Waals surface area contributed by atoms with E-state index in [1.54, 1.807) is 12.1 Å². The molecule has 5 rings (SSSR count). The minimum Gasteiger partial charge on any atom is -0.408 e. The molecule has 2 aliphatic heterocycles. The van der Waals surface area contributed by atoms with Crippen molar-refractivity contribution in [3.8, 4) is 0 Å². The van der Waals surface area contributed by atoms with Crippen LogP contribution in [0, 0.1) is 6.92 Å². The molecule has 3 aromatic rings. The Labute approximate surface area is 191 Å². The highest BCUT2D eigenvalue weighted by Gasteiger charge is 2.32. The van der Waals surface area contributed by atoms with Crippen LogP contribution in [-0.4, -0.2) is 53.9 Å². The Hall–Kier alpha value is -3.63. The summed E-state index contributed by atoms with van der Waals surface area (Å²) < 4.78 is 5.07. The van der Waals surface area contributed by atoms with E-state index >= 15 is 0 Å². The summed E-state index contributed by atoms with van der Waals surface area (Å²) in [6.45, 7) is 7.92. The van der Waals surface area contributed by atoms with Gasteiger partial charge in [-0.2, -0.15) is 0 Å². The Bertz CT molecular complexity index is 1320. The fourth-order valence-electron chi connectivity index (χ4n) is 4.16. The van der Waals surface area contributed by atoms with Crippen molar-refractivity contribution in [2.24, 2.45) is 10.7 Å². The van der Waals surface area contributed by atoms with Gasteiger partial charge >= 0.3 is 5.76 Å². The number of aromatic amines is 1. The number of aromatic nitrogens is 2. The summed E-state index contributed by atoms with van der Waals surface area (Å²) in [4.78, 5) is 28.2. The molecule has 1 unspecified atom stereocenters. The molecule has 0 amide bonds. The molecule has 0 spiro atoms. The first-order chi connectivity index (χ1) is 15.8. The van der Waals surface area contributed by atoms with Crippen molar-refractivity contribution in [2.45, 2.75) is 19.6 Å². The van der Waals surface area contributed by atoms with Crippen molar-refractivity contribution in [2.75, 3.05) is 43.4 Å². The number of fused-ring (bicyclic) bond motifs is 1. The maximum absolute atomic E-state index is 11.4. The lowest BCUT2D eigenvalue weighted by Crippen LogP contribution is -2.50. The molecule has 1 saturated heterocycles. The van der Waals surface area contributed by atoms with Gasteiger partial charge in [-0.3, -0.25) is 10.7 Å². The van der Waals surface area contributed by atoms with E-state index in [4.69, 9.17) is 20.1 Å². The fraction of sp³-hybridized carbons (Fsp3) is 0.348. The predicted octanol–water partition coefficient (Wildman–Crippen LogP) is 1.66. The molecule has 10 heteroatoms. The van der Waals surface area contributed by atoms with E-state index in [1.807, 2.05) is 32.3 Å². The second kappa shape index (κ2) is 8.05. The molecular formula is C23H28N8O2. The zero-order chi connectivity index (χ0) is 23.2. The molecule has 2 aliphatic rings. The summed E-state index contributed by atoms with van der Waals surface area (Å²) in [7, 11) is 2.14. The number of aliphatic imine (C=N–C) groups is 1. The summed E-state index contributed by atoms with van der Waals surface area (Å²) >= 11 is 0. The highest BCUT2D eigenvalue weighted by molar-refractivity contribution is 6.08. The first-order valence-electron chi connectivity index (χ1n) is 10.9. The second-order valence-electron chi connectivity index (χ2n) is 8.70. The van der Waals surface area contributed by atoms with Crippen LogP contribution in [0.1, 0.15) is 18.1 Å². The van der Waals surface area contributed by atoms with Gasteiger partial charge in [0.05, 0.1) is 5.52 Å². The predicted molar refractivity (Wildman–Crippen MR) is 129 cm³/mol. The number of nitrogens with one attached hydrogen (secondary N) is 3. The van der Waals surface area contributed by atoms with Crippen molar-refractivity contribution in [3.05, 3.63) is 63.9 Å². The van der Waals surface area contributed by atoms with E-state index in [9.17, 15) is 4.79 Å². The van der Waals surface area contributed by atoms with Gasteiger partial charge in [0, 0.05) is 55.4 Å². The Morgan fingerprint density at radius 3 is 2.73 bits per heavy atom. The first kappa shape index (κ1) is 21.2. The van der Waals surface area contributed by atoms with Gasteiger partial charge in [0.1, 0.15) is 11.7 Å². The van der Waals surface area contributed by atoms with Gasteiger partial charge in [0.2, 0.25) is 5.79 Å². The molecule has 1 atom stereocenters. The zero-order valence-corrected chi connectivity index (χ0v) is 19.0. The molecular weight excluding hydrogens is 420 g/mol. The van der Waals surface area contributed by atoms with E-state index < -0.39 is 11.5 Å². The van der Waals surface area contributed by atoms with Crippen molar-refractivity contribution in [1.29, 1.82) is 0 Å². The smallest absolute Gasteiger partial charge is 0.408 e. The van der Waals surface area contributed by atoms with Crippen molar-refractivity contribution >= 4 is 28.4 Å². The van der Waals surface area contributed by atoms with Crippen LogP contribution in [0.15, 0.2) is 56.4 Å². The summed E-state index contributed by atoms with van der Waals surface area (Å²) in [6, 6.07) is 7.44. The van der Waals surface area contributed by atoms with Crippen LogP contribution in [0.3, 0.4) is 0 Å². The Balaban J connectivity index is 1.42. The lowest BCUT2D eigenvalue weighted by molar-refractivity contribution is 0.312. The number of benzene rings is 1. The largest absolute Gasteiger partial charge is 0.417 e. The zero-order valence-electron chi connectivity index (χ0n) is 19.0. The van der Waals surface area contributed by atoms with Crippen LogP contribution in [0.4, 0.5) is 11.5 Å². The lowest BCUT2D eigenvalue weighted by atomic mass is 10.0. The quantitative estimate of drug-likeness (QED) is 0.476. The maximum Gasteiger partial charge on any atom is 0.417 e. The van der Waals surface area contributed by atoms with Gasteiger partial charge in [0.25, 0.3) is 0 Å². The SMILES string of the molecule is CC1=CNC(N)(c2cnc(N3CCN(C)CC3)cc2C)N=C1Nc1ccc2oc(=O)[nH]c2c1. The number of aryl methyl sites for hydroxylation is 1. The van der Waals surface area contributed by atoms with Gasteiger partial charge in [-0.1, -0.05) is 0 Å². The molecule has 5 N–H and O–H groups in total.